The number of Topliss-reactive ketones (excluding diaryl/α,β-unsaturated/α-hetero) is 1. The van der Waals surface area contributed by atoms with Crippen LogP contribution in [-0.2, 0) is 4.79 Å². The number of carbonyl (C=O) groups excluding carboxylic acids is 1. The summed E-state index contributed by atoms with van der Waals surface area (Å²) in [7, 11) is 0. The third-order valence-electron chi connectivity index (χ3n) is 4.68. The van der Waals surface area contributed by atoms with Crippen LogP contribution < -0.4 is 0 Å². The van der Waals surface area contributed by atoms with E-state index in [1.165, 1.54) is 35.1 Å². The number of hydrogen-bond acceptors (Lipinski definition) is 2. The lowest BCUT2D eigenvalue weighted by Crippen LogP contribution is -2.34. The molecule has 1 heterocycles. The van der Waals surface area contributed by atoms with Crippen molar-refractivity contribution < 1.29 is 4.79 Å². The van der Waals surface area contributed by atoms with E-state index in [9.17, 15) is 4.79 Å². The number of likely N-dealkylation sites (tertiary alicyclic amines) is 1. The number of carbonyl (C=O) groups is 1. The summed E-state index contributed by atoms with van der Waals surface area (Å²) in [6.07, 6.45) is 5.03. The second kappa shape index (κ2) is 7.04. The van der Waals surface area contributed by atoms with E-state index >= 15 is 0 Å². The van der Waals surface area contributed by atoms with E-state index in [1.807, 2.05) is 6.08 Å². The van der Waals surface area contributed by atoms with Crippen LogP contribution in [0.25, 0.3) is 6.08 Å². The maximum absolute atomic E-state index is 11.1. The number of nitrogens with zero attached hydrogens (tertiary/aromatic N) is 1. The van der Waals surface area contributed by atoms with Crippen LogP contribution in [0.5, 0.6) is 0 Å². The van der Waals surface area contributed by atoms with E-state index in [1.54, 1.807) is 6.92 Å². The quantitative estimate of drug-likeness (QED) is 0.811. The standard InChI is InChI=1S/C19H27NO/c1-5-17-13-19(15(3)12-14(17)2)18-7-10-20(11-8-18)9-6-16(4)21/h5,12-13,18H,1,6-11H2,2-4H3. The minimum absolute atomic E-state index is 0.294. The van der Waals surface area contributed by atoms with E-state index in [2.05, 4.69) is 37.5 Å². The molecule has 1 aromatic rings. The molecule has 1 aromatic carbocycles. The molecule has 0 bridgehead atoms. The van der Waals surface area contributed by atoms with Crippen LogP contribution in [0.3, 0.4) is 0 Å². The van der Waals surface area contributed by atoms with Gasteiger partial charge in [-0.3, -0.25) is 4.79 Å². The Morgan fingerprint density at radius 1 is 1.29 bits per heavy atom. The minimum Gasteiger partial charge on any atom is -0.303 e. The van der Waals surface area contributed by atoms with Crippen LogP contribution in [0.15, 0.2) is 18.7 Å². The van der Waals surface area contributed by atoms with Gasteiger partial charge in [0.2, 0.25) is 0 Å². The average molecular weight is 285 g/mol. The Bertz CT molecular complexity index is 525. The van der Waals surface area contributed by atoms with Crippen LogP contribution in [-0.4, -0.2) is 30.3 Å². The molecule has 0 unspecified atom stereocenters. The Labute approximate surface area is 128 Å². The molecule has 0 radical (unpaired) electrons. The second-order valence-electron chi connectivity index (χ2n) is 6.34. The molecule has 1 fully saturated rings. The first-order valence-corrected chi connectivity index (χ1v) is 7.96. The van der Waals surface area contributed by atoms with Crippen molar-refractivity contribution in [1.29, 1.82) is 0 Å². The molecule has 0 amide bonds. The molecule has 0 saturated carbocycles. The van der Waals surface area contributed by atoms with E-state index in [0.29, 0.717) is 18.1 Å². The largest absolute Gasteiger partial charge is 0.303 e. The summed E-state index contributed by atoms with van der Waals surface area (Å²) in [5, 5.41) is 0. The summed E-state index contributed by atoms with van der Waals surface area (Å²) in [4.78, 5) is 13.5. The van der Waals surface area contributed by atoms with E-state index in [0.717, 1.165) is 19.6 Å². The number of ketones is 1. The van der Waals surface area contributed by atoms with Gasteiger partial charge in [-0.25, -0.2) is 0 Å². The molecule has 0 spiro atoms. The number of rotatable bonds is 5. The molecular formula is C19H27NO. The molecule has 1 aliphatic heterocycles. The summed E-state index contributed by atoms with van der Waals surface area (Å²) in [6, 6.07) is 4.61. The SMILES string of the molecule is C=Cc1cc(C2CCN(CCC(C)=O)CC2)c(C)cc1C. The van der Waals surface area contributed by atoms with Gasteiger partial charge in [0.15, 0.2) is 0 Å². The van der Waals surface area contributed by atoms with Crippen molar-refractivity contribution >= 4 is 11.9 Å². The molecule has 0 aliphatic carbocycles. The van der Waals surface area contributed by atoms with E-state index in [-0.39, 0.29) is 0 Å². The highest BCUT2D eigenvalue weighted by Crippen LogP contribution is 2.32. The lowest BCUT2D eigenvalue weighted by atomic mass is 9.85. The number of benzene rings is 1. The van der Waals surface area contributed by atoms with Gasteiger partial charge < -0.3 is 4.90 Å². The zero-order valence-electron chi connectivity index (χ0n) is 13.6. The molecular weight excluding hydrogens is 258 g/mol. The zero-order valence-corrected chi connectivity index (χ0v) is 13.6. The molecule has 2 nitrogen and oxygen atoms in total. The fourth-order valence-electron chi connectivity index (χ4n) is 3.33. The lowest BCUT2D eigenvalue weighted by molar-refractivity contribution is -0.117. The molecule has 2 heteroatoms. The van der Waals surface area contributed by atoms with Crippen molar-refractivity contribution in [1.82, 2.24) is 4.90 Å². The molecule has 1 aliphatic rings. The highest BCUT2D eigenvalue weighted by Gasteiger charge is 2.22. The van der Waals surface area contributed by atoms with Gasteiger partial charge in [0.25, 0.3) is 0 Å². The van der Waals surface area contributed by atoms with Gasteiger partial charge >= 0.3 is 0 Å². The summed E-state index contributed by atoms with van der Waals surface area (Å²) in [5.41, 5.74) is 5.46. The predicted molar refractivity (Wildman–Crippen MR) is 89.7 cm³/mol. The van der Waals surface area contributed by atoms with Crippen molar-refractivity contribution in [2.24, 2.45) is 0 Å². The molecule has 0 atom stereocenters. The Morgan fingerprint density at radius 2 is 1.95 bits per heavy atom. The van der Waals surface area contributed by atoms with E-state index < -0.39 is 0 Å². The number of hydrogen-bond donors (Lipinski definition) is 0. The Morgan fingerprint density at radius 3 is 2.52 bits per heavy atom. The van der Waals surface area contributed by atoms with Gasteiger partial charge in [-0.2, -0.15) is 0 Å². The summed E-state index contributed by atoms with van der Waals surface area (Å²) in [6.45, 7) is 13.1. The van der Waals surface area contributed by atoms with Crippen LogP contribution in [0.1, 0.15) is 54.4 Å². The fraction of sp³-hybridized carbons (Fsp3) is 0.526. The molecule has 0 aromatic heterocycles. The monoisotopic (exact) mass is 285 g/mol. The van der Waals surface area contributed by atoms with Crippen LogP contribution in [0.2, 0.25) is 0 Å². The Hall–Kier alpha value is -1.41. The Kier molecular flexibility index (Phi) is 5.35. The van der Waals surface area contributed by atoms with Crippen molar-refractivity contribution in [2.45, 2.75) is 46.0 Å². The third kappa shape index (κ3) is 4.04. The molecule has 21 heavy (non-hydrogen) atoms. The zero-order chi connectivity index (χ0) is 15.4. The Balaban J connectivity index is 2.02. The number of piperidine rings is 1. The lowest BCUT2D eigenvalue weighted by Gasteiger charge is -2.33. The average Bonchev–Trinajstić information content (AvgIpc) is 2.46. The first-order valence-electron chi connectivity index (χ1n) is 7.96. The highest BCUT2D eigenvalue weighted by molar-refractivity contribution is 5.75. The maximum Gasteiger partial charge on any atom is 0.131 e. The van der Waals surface area contributed by atoms with Crippen LogP contribution >= 0.6 is 0 Å². The summed E-state index contributed by atoms with van der Waals surface area (Å²) in [5.74, 6) is 0.944. The van der Waals surface area contributed by atoms with Crippen molar-refractivity contribution in [3.05, 3.63) is 41.0 Å². The van der Waals surface area contributed by atoms with Crippen molar-refractivity contribution in [3.8, 4) is 0 Å². The summed E-state index contributed by atoms with van der Waals surface area (Å²) >= 11 is 0. The van der Waals surface area contributed by atoms with Crippen molar-refractivity contribution in [3.63, 3.8) is 0 Å². The first kappa shape index (κ1) is 16.0. The molecule has 0 N–H and O–H groups in total. The van der Waals surface area contributed by atoms with E-state index in [4.69, 9.17) is 0 Å². The highest BCUT2D eigenvalue weighted by atomic mass is 16.1. The maximum atomic E-state index is 11.1. The van der Waals surface area contributed by atoms with Crippen LogP contribution in [0.4, 0.5) is 0 Å². The first-order chi connectivity index (χ1) is 10.0. The smallest absolute Gasteiger partial charge is 0.131 e. The molecule has 114 valence electrons. The third-order valence-corrected chi connectivity index (χ3v) is 4.68. The fourth-order valence-corrected chi connectivity index (χ4v) is 3.33. The normalized spacial score (nSPS) is 16.9. The van der Waals surface area contributed by atoms with Gasteiger partial charge in [-0.05, 0) is 74.9 Å². The summed E-state index contributed by atoms with van der Waals surface area (Å²) < 4.78 is 0. The van der Waals surface area contributed by atoms with Gasteiger partial charge in [0.05, 0.1) is 0 Å². The predicted octanol–water partition coefficient (Wildman–Crippen LogP) is 4.10. The molecule has 1 saturated heterocycles. The van der Waals surface area contributed by atoms with Gasteiger partial charge in [-0.15, -0.1) is 0 Å². The molecule has 2 rings (SSSR count). The topological polar surface area (TPSA) is 20.3 Å². The van der Waals surface area contributed by atoms with Gasteiger partial charge in [-0.1, -0.05) is 24.8 Å². The second-order valence-corrected chi connectivity index (χ2v) is 6.34. The number of aryl methyl sites for hydroxylation is 2. The van der Waals surface area contributed by atoms with Crippen LogP contribution in [0, 0.1) is 13.8 Å². The van der Waals surface area contributed by atoms with Crippen molar-refractivity contribution in [2.75, 3.05) is 19.6 Å². The van der Waals surface area contributed by atoms with Gasteiger partial charge in [0.1, 0.15) is 5.78 Å². The minimum atomic E-state index is 0.294. The van der Waals surface area contributed by atoms with Gasteiger partial charge in [0, 0.05) is 13.0 Å².